The Bertz CT molecular complexity index is 2940. The fourth-order valence-corrected chi connectivity index (χ4v) is 8.25. The fraction of sp³-hybridized carbons (Fsp3) is 0.0408. The van der Waals surface area contributed by atoms with E-state index in [1.165, 1.54) is 76.5 Å². The van der Waals surface area contributed by atoms with Crippen LogP contribution in [-0.4, -0.2) is 9.55 Å². The molecule has 240 valence electrons. The number of benzene rings is 9. The molecule has 10 aromatic rings. The molecule has 0 amide bonds. The molecule has 0 aliphatic heterocycles. The Balaban J connectivity index is 1.27. The topological polar surface area (TPSA) is 17.8 Å². The summed E-state index contributed by atoms with van der Waals surface area (Å²) in [5.41, 5.74) is 10.7. The van der Waals surface area contributed by atoms with Crippen molar-refractivity contribution in [3.05, 3.63) is 182 Å². The van der Waals surface area contributed by atoms with E-state index in [9.17, 15) is 0 Å². The lowest BCUT2D eigenvalue weighted by molar-refractivity contribution is 0.908. The Hall–Kier alpha value is -6.51. The number of para-hydroxylation sites is 2. The molecule has 0 fully saturated rings. The molecule has 1 aromatic heterocycles. The smallest absolute Gasteiger partial charge is 0.114 e. The summed E-state index contributed by atoms with van der Waals surface area (Å²) in [5, 5.41) is 10.0. The minimum absolute atomic E-state index is 0.861. The van der Waals surface area contributed by atoms with Crippen molar-refractivity contribution in [2.45, 2.75) is 13.3 Å². The summed E-state index contributed by atoms with van der Waals surface area (Å²) < 4.78 is 2.30. The van der Waals surface area contributed by atoms with Crippen molar-refractivity contribution in [3.63, 3.8) is 0 Å². The zero-order valence-corrected chi connectivity index (χ0v) is 28.3. The molecule has 51 heavy (non-hydrogen) atoms. The van der Waals surface area contributed by atoms with Crippen LogP contribution in [0.25, 0.3) is 93.2 Å². The van der Waals surface area contributed by atoms with Gasteiger partial charge < -0.3 is 0 Å². The summed E-state index contributed by atoms with van der Waals surface area (Å²) in [7, 11) is 0. The zero-order chi connectivity index (χ0) is 33.9. The number of nitrogens with zero attached hydrogens (tertiary/aromatic N) is 2. The Morgan fingerprint density at radius 2 is 0.980 bits per heavy atom. The van der Waals surface area contributed by atoms with Crippen LogP contribution in [0.4, 0.5) is 0 Å². The van der Waals surface area contributed by atoms with Gasteiger partial charge >= 0.3 is 0 Å². The van der Waals surface area contributed by atoms with Crippen molar-refractivity contribution < 1.29 is 0 Å². The number of hydrogen-bond donors (Lipinski definition) is 0. The van der Waals surface area contributed by atoms with E-state index in [1.807, 2.05) is 0 Å². The monoisotopic (exact) mass is 650 g/mol. The van der Waals surface area contributed by atoms with Crippen LogP contribution in [0.15, 0.2) is 176 Å². The summed E-state index contributed by atoms with van der Waals surface area (Å²) >= 11 is 0. The first kappa shape index (κ1) is 29.4. The second-order valence-corrected chi connectivity index (χ2v) is 13.4. The quantitative estimate of drug-likeness (QED) is 0.170. The van der Waals surface area contributed by atoms with E-state index in [0.717, 1.165) is 29.0 Å². The predicted octanol–water partition coefficient (Wildman–Crippen LogP) is 13.2. The molecule has 1 heterocycles. The molecule has 10 rings (SSSR count). The van der Waals surface area contributed by atoms with Gasteiger partial charge in [-0.2, -0.15) is 0 Å². The first-order valence-corrected chi connectivity index (χ1v) is 17.8. The van der Waals surface area contributed by atoms with Gasteiger partial charge in [0.05, 0.1) is 11.0 Å². The van der Waals surface area contributed by atoms with Crippen molar-refractivity contribution in [2.24, 2.45) is 0 Å². The fourth-order valence-electron chi connectivity index (χ4n) is 8.25. The van der Waals surface area contributed by atoms with E-state index in [0.29, 0.717) is 0 Å². The average Bonchev–Trinajstić information content (AvgIpc) is 3.58. The van der Waals surface area contributed by atoms with E-state index in [2.05, 4.69) is 187 Å². The van der Waals surface area contributed by atoms with Crippen LogP contribution < -0.4 is 0 Å². The molecular formula is C49H34N2. The normalized spacial score (nSPS) is 11.7. The summed E-state index contributed by atoms with van der Waals surface area (Å²) in [4.78, 5) is 4.95. The molecule has 2 nitrogen and oxygen atoms in total. The van der Waals surface area contributed by atoms with Crippen molar-refractivity contribution in [1.29, 1.82) is 0 Å². The third kappa shape index (κ3) is 4.68. The summed E-state index contributed by atoms with van der Waals surface area (Å²) in [6.45, 7) is 2.17. The lowest BCUT2D eigenvalue weighted by Crippen LogP contribution is -2.00. The van der Waals surface area contributed by atoms with E-state index in [1.54, 1.807) is 0 Å². The van der Waals surface area contributed by atoms with Gasteiger partial charge in [0.25, 0.3) is 0 Å². The molecule has 0 aliphatic rings. The highest BCUT2D eigenvalue weighted by atomic mass is 15.1. The van der Waals surface area contributed by atoms with Gasteiger partial charge in [0.15, 0.2) is 0 Å². The third-order valence-electron chi connectivity index (χ3n) is 10.5. The summed E-state index contributed by atoms with van der Waals surface area (Å²) in [6.07, 6.45) is 0.861. The van der Waals surface area contributed by atoms with Crippen molar-refractivity contribution in [1.82, 2.24) is 9.55 Å². The van der Waals surface area contributed by atoms with Crippen LogP contribution in [0.3, 0.4) is 0 Å². The Kier molecular flexibility index (Phi) is 6.82. The lowest BCUT2D eigenvalue weighted by Gasteiger charge is -2.20. The molecule has 9 aromatic carbocycles. The second-order valence-electron chi connectivity index (χ2n) is 13.4. The Morgan fingerprint density at radius 3 is 1.71 bits per heavy atom. The van der Waals surface area contributed by atoms with Crippen LogP contribution in [-0.2, 0) is 6.42 Å². The van der Waals surface area contributed by atoms with Gasteiger partial charge in [0, 0.05) is 12.1 Å². The van der Waals surface area contributed by atoms with Crippen LogP contribution in [0.1, 0.15) is 12.7 Å². The minimum atomic E-state index is 0.861. The Labute approximate surface area is 296 Å². The van der Waals surface area contributed by atoms with Gasteiger partial charge in [-0.25, -0.2) is 4.98 Å². The lowest BCUT2D eigenvalue weighted by atomic mass is 9.83. The maximum absolute atomic E-state index is 4.95. The highest BCUT2D eigenvalue weighted by Crippen LogP contribution is 2.46. The van der Waals surface area contributed by atoms with Gasteiger partial charge in [0.2, 0.25) is 0 Å². The number of aromatic nitrogens is 2. The molecule has 0 bridgehead atoms. The number of rotatable bonds is 5. The molecule has 0 N–H and O–H groups in total. The zero-order valence-electron chi connectivity index (χ0n) is 28.3. The average molecular weight is 651 g/mol. The highest BCUT2D eigenvalue weighted by molar-refractivity contribution is 6.24. The van der Waals surface area contributed by atoms with Crippen molar-refractivity contribution >= 4 is 54.1 Å². The van der Waals surface area contributed by atoms with Crippen LogP contribution in [0, 0.1) is 0 Å². The Morgan fingerprint density at radius 1 is 0.431 bits per heavy atom. The third-order valence-corrected chi connectivity index (χ3v) is 10.5. The first-order chi connectivity index (χ1) is 25.3. The van der Waals surface area contributed by atoms with Crippen molar-refractivity contribution in [2.75, 3.05) is 0 Å². The van der Waals surface area contributed by atoms with Gasteiger partial charge in [-0.15, -0.1) is 0 Å². The molecular weight excluding hydrogens is 617 g/mol. The SMILES string of the molecule is CCc1nc2ccccc2n1-c1ccc(-c2c3ccccc3c(-c3cccc4ccccc34)c3cc(-c4cccc5ccccc45)ccc23)cc1. The van der Waals surface area contributed by atoms with Crippen molar-refractivity contribution in [3.8, 4) is 39.1 Å². The molecule has 0 saturated carbocycles. The minimum Gasteiger partial charge on any atom is -0.296 e. The van der Waals surface area contributed by atoms with Gasteiger partial charge in [-0.1, -0.05) is 153 Å². The number of fused-ring (bicyclic) bond motifs is 5. The number of imidazole rings is 1. The summed E-state index contributed by atoms with van der Waals surface area (Å²) in [5.74, 6) is 1.07. The standard InChI is InChI=1S/C49H34N2/c1-2-47-50-45-23-9-10-24-46(45)51(47)36-28-25-34(26-29-36)48-41-19-7-8-20-42(41)49(40-22-12-16-33-14-4-6-18-38(33)40)44-31-35(27-30-43(44)48)39-21-11-15-32-13-3-5-17-37(32)39/h3-31H,2H2,1H3. The van der Waals surface area contributed by atoms with E-state index >= 15 is 0 Å². The van der Waals surface area contributed by atoms with Gasteiger partial charge in [-0.05, 0) is 107 Å². The number of hydrogen-bond acceptors (Lipinski definition) is 1. The largest absolute Gasteiger partial charge is 0.296 e. The summed E-state index contributed by atoms with van der Waals surface area (Å²) in [6, 6.07) is 64.4. The molecule has 0 aliphatic carbocycles. The molecule has 0 unspecified atom stereocenters. The van der Waals surface area contributed by atoms with Gasteiger partial charge in [-0.3, -0.25) is 4.57 Å². The van der Waals surface area contributed by atoms with Crippen LogP contribution in [0.2, 0.25) is 0 Å². The van der Waals surface area contributed by atoms with Crippen LogP contribution >= 0.6 is 0 Å². The number of aryl methyl sites for hydroxylation is 1. The predicted molar refractivity (Wildman–Crippen MR) is 217 cm³/mol. The highest BCUT2D eigenvalue weighted by Gasteiger charge is 2.20. The van der Waals surface area contributed by atoms with E-state index in [4.69, 9.17) is 4.98 Å². The first-order valence-electron chi connectivity index (χ1n) is 17.8. The molecule has 0 saturated heterocycles. The molecule has 0 spiro atoms. The van der Waals surface area contributed by atoms with Crippen LogP contribution in [0.5, 0.6) is 0 Å². The maximum Gasteiger partial charge on any atom is 0.114 e. The maximum atomic E-state index is 4.95. The molecule has 0 radical (unpaired) electrons. The van der Waals surface area contributed by atoms with Gasteiger partial charge in [0.1, 0.15) is 5.82 Å². The second kappa shape index (κ2) is 11.8. The molecule has 2 heteroatoms. The van der Waals surface area contributed by atoms with E-state index in [-0.39, 0.29) is 0 Å². The molecule has 0 atom stereocenters. The van der Waals surface area contributed by atoms with E-state index < -0.39 is 0 Å².